The second kappa shape index (κ2) is 9.51. The van der Waals surface area contributed by atoms with Gasteiger partial charge in [-0.05, 0) is 55.5 Å². The van der Waals surface area contributed by atoms with Gasteiger partial charge in [0.2, 0.25) is 5.91 Å². The standard InChI is InChI=1S/C23H18F3N3O3S2/c1-13-21(30)28-19-11-14(7-10-20(19)33-13)22(31)27-18-9-8-16(12-17(18)23(24,25)26)34(32)29-15-5-3-2-4-6-15/h2-13,29H,1H3,(H,27,31)(H,28,30)/t13-,34?/m1/s1. The molecule has 0 saturated heterocycles. The van der Waals surface area contributed by atoms with Crippen molar-refractivity contribution >= 4 is 51.6 Å². The maximum absolute atomic E-state index is 13.8. The average Bonchev–Trinajstić information content (AvgIpc) is 2.79. The Bertz CT molecular complexity index is 1280. The largest absolute Gasteiger partial charge is 0.418 e. The normalized spacial score (nSPS) is 16.2. The molecule has 0 radical (unpaired) electrons. The zero-order chi connectivity index (χ0) is 24.5. The van der Waals surface area contributed by atoms with Crippen molar-refractivity contribution < 1.29 is 27.0 Å². The number of anilines is 3. The van der Waals surface area contributed by atoms with Gasteiger partial charge >= 0.3 is 6.18 Å². The van der Waals surface area contributed by atoms with Crippen LogP contribution in [0.15, 0.2) is 76.5 Å². The Morgan fingerprint density at radius 2 is 1.79 bits per heavy atom. The Balaban J connectivity index is 1.58. The van der Waals surface area contributed by atoms with Gasteiger partial charge in [0, 0.05) is 16.1 Å². The lowest BCUT2D eigenvalue weighted by molar-refractivity contribution is -0.137. The number of para-hydroxylation sites is 1. The number of amides is 2. The van der Waals surface area contributed by atoms with Gasteiger partial charge in [0.25, 0.3) is 5.91 Å². The number of carbonyl (C=O) groups excluding carboxylic acids is 2. The highest BCUT2D eigenvalue weighted by atomic mass is 32.2. The monoisotopic (exact) mass is 505 g/mol. The van der Waals surface area contributed by atoms with Crippen LogP contribution < -0.4 is 15.4 Å². The minimum absolute atomic E-state index is 0.0840. The first-order valence-electron chi connectivity index (χ1n) is 9.99. The van der Waals surface area contributed by atoms with Crippen LogP contribution >= 0.6 is 11.8 Å². The van der Waals surface area contributed by atoms with Crippen LogP contribution in [0, 0.1) is 0 Å². The van der Waals surface area contributed by atoms with E-state index in [0.29, 0.717) is 11.4 Å². The van der Waals surface area contributed by atoms with Gasteiger partial charge in [0.15, 0.2) is 0 Å². The zero-order valence-electron chi connectivity index (χ0n) is 17.6. The predicted octanol–water partition coefficient (Wildman–Crippen LogP) is 5.53. The summed E-state index contributed by atoms with van der Waals surface area (Å²) in [5.74, 6) is -0.996. The van der Waals surface area contributed by atoms with Gasteiger partial charge in [-0.25, -0.2) is 4.21 Å². The molecule has 2 atom stereocenters. The molecule has 4 rings (SSSR count). The van der Waals surface area contributed by atoms with E-state index < -0.39 is 34.3 Å². The summed E-state index contributed by atoms with van der Waals surface area (Å²) in [4.78, 5) is 25.3. The molecule has 1 aliphatic heterocycles. The van der Waals surface area contributed by atoms with Gasteiger partial charge in [0.05, 0.1) is 27.1 Å². The summed E-state index contributed by atoms with van der Waals surface area (Å²) >= 11 is 1.33. The number of nitrogens with one attached hydrogen (secondary N) is 3. The molecular weight excluding hydrogens is 487 g/mol. The molecule has 176 valence electrons. The third kappa shape index (κ3) is 5.26. The molecule has 2 amide bonds. The smallest absolute Gasteiger partial charge is 0.324 e. The Kier molecular flexibility index (Phi) is 6.67. The first-order chi connectivity index (χ1) is 16.1. The van der Waals surface area contributed by atoms with Crippen LogP contribution in [-0.2, 0) is 22.0 Å². The van der Waals surface area contributed by atoms with Gasteiger partial charge in [0.1, 0.15) is 11.0 Å². The highest BCUT2D eigenvalue weighted by Crippen LogP contribution is 2.38. The van der Waals surface area contributed by atoms with Crippen molar-refractivity contribution in [2.24, 2.45) is 0 Å². The number of rotatable bonds is 5. The molecule has 0 spiro atoms. The molecule has 34 heavy (non-hydrogen) atoms. The van der Waals surface area contributed by atoms with E-state index in [2.05, 4.69) is 15.4 Å². The quantitative estimate of drug-likeness (QED) is 0.426. The van der Waals surface area contributed by atoms with E-state index >= 15 is 0 Å². The zero-order valence-corrected chi connectivity index (χ0v) is 19.2. The highest BCUT2D eigenvalue weighted by Gasteiger charge is 2.35. The van der Waals surface area contributed by atoms with Crippen molar-refractivity contribution in [1.29, 1.82) is 0 Å². The third-order valence-corrected chi connectivity index (χ3v) is 7.20. The van der Waals surface area contributed by atoms with Gasteiger partial charge < -0.3 is 15.4 Å². The number of fused-ring (bicyclic) bond motifs is 1. The van der Waals surface area contributed by atoms with E-state index in [-0.39, 0.29) is 21.6 Å². The summed E-state index contributed by atoms with van der Waals surface area (Å²) in [6, 6.07) is 16.0. The van der Waals surface area contributed by atoms with Crippen molar-refractivity contribution in [3.05, 3.63) is 77.9 Å². The predicted molar refractivity (Wildman–Crippen MR) is 126 cm³/mol. The Hall–Kier alpha value is -3.31. The van der Waals surface area contributed by atoms with Crippen molar-refractivity contribution in [3.8, 4) is 0 Å². The molecule has 0 saturated carbocycles. The molecule has 3 aromatic carbocycles. The topological polar surface area (TPSA) is 87.3 Å². The number of thioether (sulfide) groups is 1. The molecule has 1 unspecified atom stereocenters. The summed E-state index contributed by atoms with van der Waals surface area (Å²) in [6.45, 7) is 1.74. The molecule has 6 nitrogen and oxygen atoms in total. The number of alkyl halides is 3. The maximum Gasteiger partial charge on any atom is 0.418 e. The number of halogens is 3. The lowest BCUT2D eigenvalue weighted by Crippen LogP contribution is -2.26. The van der Waals surface area contributed by atoms with Crippen LogP contribution in [0.25, 0.3) is 0 Å². The Morgan fingerprint density at radius 1 is 1.06 bits per heavy atom. The molecule has 0 bridgehead atoms. The molecular formula is C23H18F3N3O3S2. The van der Waals surface area contributed by atoms with Crippen LogP contribution in [0.3, 0.4) is 0 Å². The van der Waals surface area contributed by atoms with E-state index in [0.717, 1.165) is 17.0 Å². The SMILES string of the molecule is C[C@H]1Sc2ccc(C(=O)Nc3ccc(S(=O)Nc4ccccc4)cc3C(F)(F)F)cc2NC1=O. The fraction of sp³-hybridized carbons (Fsp3) is 0.130. The van der Waals surface area contributed by atoms with Crippen LogP contribution in [0.2, 0.25) is 0 Å². The summed E-state index contributed by atoms with van der Waals surface area (Å²) < 4.78 is 56.4. The second-order valence-corrected chi connectivity index (χ2v) is 9.95. The summed E-state index contributed by atoms with van der Waals surface area (Å²) in [7, 11) is -1.95. The molecule has 0 aliphatic carbocycles. The summed E-state index contributed by atoms with van der Waals surface area (Å²) in [5, 5.41) is 4.67. The minimum Gasteiger partial charge on any atom is -0.324 e. The maximum atomic E-state index is 13.8. The van der Waals surface area contributed by atoms with Crippen LogP contribution in [0.4, 0.5) is 30.2 Å². The summed E-state index contributed by atoms with van der Waals surface area (Å²) in [5.41, 5.74) is -0.603. The first kappa shape index (κ1) is 23.8. The first-order valence-corrected chi connectivity index (χ1v) is 12.0. The lowest BCUT2D eigenvalue weighted by atomic mass is 10.1. The number of hydrogen-bond donors (Lipinski definition) is 3. The molecule has 1 heterocycles. The molecule has 0 fully saturated rings. The fourth-order valence-electron chi connectivity index (χ4n) is 3.20. The van der Waals surface area contributed by atoms with Gasteiger partial charge in [-0.2, -0.15) is 13.2 Å². The van der Waals surface area contributed by atoms with Gasteiger partial charge in [-0.15, -0.1) is 11.8 Å². The second-order valence-electron chi connectivity index (χ2n) is 7.36. The van der Waals surface area contributed by atoms with E-state index in [1.165, 1.54) is 30.0 Å². The van der Waals surface area contributed by atoms with Crippen molar-refractivity contribution in [2.45, 2.75) is 28.1 Å². The van der Waals surface area contributed by atoms with Crippen LogP contribution in [0.1, 0.15) is 22.8 Å². The lowest BCUT2D eigenvalue weighted by Gasteiger charge is -2.22. The van der Waals surface area contributed by atoms with Crippen molar-refractivity contribution in [1.82, 2.24) is 0 Å². The summed E-state index contributed by atoms with van der Waals surface area (Å²) in [6.07, 6.45) is -4.80. The number of benzene rings is 3. The molecule has 3 N–H and O–H groups in total. The van der Waals surface area contributed by atoms with E-state index in [1.54, 1.807) is 43.3 Å². The van der Waals surface area contributed by atoms with Crippen molar-refractivity contribution in [3.63, 3.8) is 0 Å². The van der Waals surface area contributed by atoms with Crippen molar-refractivity contribution in [2.75, 3.05) is 15.4 Å². The third-order valence-electron chi connectivity index (χ3n) is 4.92. The fourth-order valence-corrected chi connectivity index (χ4v) is 5.01. The molecule has 0 aromatic heterocycles. The van der Waals surface area contributed by atoms with Gasteiger partial charge in [-0.3, -0.25) is 9.59 Å². The Morgan fingerprint density at radius 3 is 2.50 bits per heavy atom. The number of hydrogen-bond acceptors (Lipinski definition) is 4. The van der Waals surface area contributed by atoms with Crippen LogP contribution in [-0.4, -0.2) is 21.3 Å². The molecule has 11 heteroatoms. The molecule has 1 aliphatic rings. The highest BCUT2D eigenvalue weighted by molar-refractivity contribution is 8.01. The minimum atomic E-state index is -4.80. The van der Waals surface area contributed by atoms with Crippen LogP contribution in [0.5, 0.6) is 0 Å². The van der Waals surface area contributed by atoms with Gasteiger partial charge in [-0.1, -0.05) is 18.2 Å². The molecule has 3 aromatic rings. The average molecular weight is 506 g/mol. The van der Waals surface area contributed by atoms with E-state index in [1.807, 2.05) is 0 Å². The van der Waals surface area contributed by atoms with E-state index in [9.17, 15) is 27.0 Å². The van der Waals surface area contributed by atoms with E-state index in [4.69, 9.17) is 0 Å². The Labute approximate surface area is 199 Å². The number of carbonyl (C=O) groups is 2.